The molecule has 9 nitrogen and oxygen atoms in total. The van der Waals surface area contributed by atoms with Crippen LogP contribution in [0.5, 0.6) is 6.01 Å². The van der Waals surface area contributed by atoms with Crippen LogP contribution in [0.3, 0.4) is 0 Å². The highest BCUT2D eigenvalue weighted by molar-refractivity contribution is 5.84. The topological polar surface area (TPSA) is 92.5 Å². The summed E-state index contributed by atoms with van der Waals surface area (Å²) in [5.41, 5.74) is 2.57. The average Bonchev–Trinajstić information content (AvgIpc) is 3.31. The zero-order chi connectivity index (χ0) is 20.3. The third-order valence-corrected chi connectivity index (χ3v) is 5.75. The minimum absolute atomic E-state index is 0.180. The number of nitrogens with one attached hydrogen (secondary N) is 1. The molecule has 0 spiro atoms. The van der Waals surface area contributed by atoms with Crippen molar-refractivity contribution in [3.8, 4) is 6.01 Å². The SMILES string of the molecule is CC1(C)O[C@@H]2[C@H](O1)[C@H]1COc3nc4c(NCCc5ccccc5)ncnc4n3[C@@H]2O1. The average molecular weight is 409 g/mol. The molecule has 1 aromatic carbocycles. The zero-order valence-electron chi connectivity index (χ0n) is 16.8. The first-order chi connectivity index (χ1) is 14.6. The molecular formula is C21H23N5O4. The van der Waals surface area contributed by atoms with Crippen LogP contribution in [0.2, 0.25) is 0 Å². The lowest BCUT2D eigenvalue weighted by Gasteiger charge is -2.22. The molecule has 2 bridgehead atoms. The van der Waals surface area contributed by atoms with E-state index in [9.17, 15) is 0 Å². The molecule has 0 amide bonds. The molecule has 4 atom stereocenters. The molecule has 1 N–H and O–H groups in total. The standard InChI is InChI=1S/C21H23N5O4/c1-21(2)29-15-13-10-27-20-25-14-17(22-9-8-12-6-4-3-5-7-12)23-11-24-18(14)26(20)19(28-13)16(15)30-21/h3-7,11,13,15-16,19H,8-10H2,1-2H3,(H,22,23,24)/t13-,15-,16-,19-/m1/s1. The van der Waals surface area contributed by atoms with E-state index in [-0.39, 0.29) is 18.3 Å². The van der Waals surface area contributed by atoms with Gasteiger partial charge in [-0.3, -0.25) is 0 Å². The van der Waals surface area contributed by atoms with Crippen LogP contribution in [0.1, 0.15) is 25.6 Å². The maximum absolute atomic E-state index is 6.22. The van der Waals surface area contributed by atoms with Crippen LogP contribution >= 0.6 is 0 Å². The molecule has 156 valence electrons. The van der Waals surface area contributed by atoms with Gasteiger partial charge in [-0.1, -0.05) is 30.3 Å². The fraction of sp³-hybridized carbons (Fsp3) is 0.476. The van der Waals surface area contributed by atoms with Gasteiger partial charge in [-0.05, 0) is 25.8 Å². The normalized spacial score (nSPS) is 28.6. The third-order valence-electron chi connectivity index (χ3n) is 5.75. The van der Waals surface area contributed by atoms with Crippen molar-refractivity contribution in [3.05, 3.63) is 42.2 Å². The number of anilines is 1. The predicted molar refractivity (Wildman–Crippen MR) is 107 cm³/mol. The number of aromatic nitrogens is 4. The molecule has 2 saturated heterocycles. The summed E-state index contributed by atoms with van der Waals surface area (Å²) in [5.74, 6) is 0.0189. The number of fused-ring (bicyclic) bond motifs is 9. The largest absolute Gasteiger partial charge is 0.462 e. The minimum atomic E-state index is -0.657. The number of hydrogen-bond donors (Lipinski definition) is 1. The van der Waals surface area contributed by atoms with Crippen molar-refractivity contribution in [3.63, 3.8) is 0 Å². The fourth-order valence-electron chi connectivity index (χ4n) is 4.48. The molecule has 6 rings (SSSR count). The van der Waals surface area contributed by atoms with Gasteiger partial charge in [-0.25, -0.2) is 14.5 Å². The third kappa shape index (κ3) is 2.84. The Morgan fingerprint density at radius 1 is 1.13 bits per heavy atom. The summed E-state index contributed by atoms with van der Waals surface area (Å²) >= 11 is 0. The second kappa shape index (κ2) is 6.63. The van der Waals surface area contributed by atoms with E-state index in [1.807, 2.05) is 36.6 Å². The van der Waals surface area contributed by atoms with E-state index in [4.69, 9.17) is 18.9 Å². The highest BCUT2D eigenvalue weighted by Crippen LogP contribution is 2.47. The maximum atomic E-state index is 6.22. The van der Waals surface area contributed by atoms with E-state index in [0.717, 1.165) is 13.0 Å². The number of hydrogen-bond acceptors (Lipinski definition) is 8. The predicted octanol–water partition coefficient (Wildman–Crippen LogP) is 2.29. The Labute approximate surface area is 173 Å². The Balaban J connectivity index is 1.31. The van der Waals surface area contributed by atoms with E-state index in [1.54, 1.807) is 0 Å². The number of rotatable bonds is 4. The molecule has 9 heteroatoms. The summed E-state index contributed by atoms with van der Waals surface area (Å²) in [6, 6.07) is 10.8. The minimum Gasteiger partial charge on any atom is -0.462 e. The first kappa shape index (κ1) is 18.1. The van der Waals surface area contributed by atoms with Gasteiger partial charge in [0.1, 0.15) is 31.2 Å². The summed E-state index contributed by atoms with van der Waals surface area (Å²) in [5, 5.41) is 3.38. The Morgan fingerprint density at radius 3 is 2.83 bits per heavy atom. The smallest absolute Gasteiger partial charge is 0.301 e. The number of nitrogens with zero attached hydrogens (tertiary/aromatic N) is 4. The van der Waals surface area contributed by atoms with Gasteiger partial charge in [-0.15, -0.1) is 0 Å². The molecular weight excluding hydrogens is 386 g/mol. The molecule has 0 aliphatic carbocycles. The molecule has 0 radical (unpaired) electrons. The molecule has 2 aromatic heterocycles. The second-order valence-corrected chi connectivity index (χ2v) is 8.26. The first-order valence-electron chi connectivity index (χ1n) is 10.2. The molecule has 3 aliphatic heterocycles. The molecule has 2 fully saturated rings. The van der Waals surface area contributed by atoms with Crippen LogP contribution in [0.25, 0.3) is 11.2 Å². The summed E-state index contributed by atoms with van der Waals surface area (Å²) in [6.45, 7) is 4.92. The molecule has 3 aromatic rings. The highest BCUT2D eigenvalue weighted by atomic mass is 16.8. The van der Waals surface area contributed by atoms with E-state index >= 15 is 0 Å². The number of benzene rings is 1. The summed E-state index contributed by atoms with van der Waals surface area (Å²) in [4.78, 5) is 13.6. The van der Waals surface area contributed by atoms with Crippen molar-refractivity contribution in [1.82, 2.24) is 19.5 Å². The Bertz CT molecular complexity index is 1090. The number of ether oxygens (including phenoxy) is 4. The van der Waals surface area contributed by atoms with Crippen molar-refractivity contribution in [2.45, 2.75) is 50.6 Å². The van der Waals surface area contributed by atoms with E-state index < -0.39 is 12.0 Å². The van der Waals surface area contributed by atoms with Gasteiger partial charge in [0.15, 0.2) is 29.0 Å². The van der Waals surface area contributed by atoms with E-state index in [0.29, 0.717) is 29.6 Å². The monoisotopic (exact) mass is 409 g/mol. The van der Waals surface area contributed by atoms with Crippen molar-refractivity contribution >= 4 is 17.0 Å². The van der Waals surface area contributed by atoms with Gasteiger partial charge >= 0.3 is 6.01 Å². The van der Waals surface area contributed by atoms with E-state index in [1.165, 1.54) is 11.9 Å². The molecule has 0 unspecified atom stereocenters. The lowest BCUT2D eigenvalue weighted by Crippen LogP contribution is -2.34. The van der Waals surface area contributed by atoms with Crippen molar-refractivity contribution < 1.29 is 18.9 Å². The number of imidazole rings is 1. The van der Waals surface area contributed by atoms with Gasteiger partial charge in [0.05, 0.1) is 0 Å². The lowest BCUT2D eigenvalue weighted by molar-refractivity contribution is -0.195. The van der Waals surface area contributed by atoms with Crippen LogP contribution in [-0.2, 0) is 20.6 Å². The highest BCUT2D eigenvalue weighted by Gasteiger charge is 2.58. The van der Waals surface area contributed by atoms with Gasteiger partial charge in [0, 0.05) is 6.54 Å². The molecule has 3 aliphatic rings. The van der Waals surface area contributed by atoms with Gasteiger partial charge in [0.25, 0.3) is 0 Å². The molecule has 30 heavy (non-hydrogen) atoms. The van der Waals surface area contributed by atoms with Crippen molar-refractivity contribution in [1.29, 1.82) is 0 Å². The molecule has 0 saturated carbocycles. The second-order valence-electron chi connectivity index (χ2n) is 8.26. The van der Waals surface area contributed by atoms with Gasteiger partial charge in [0.2, 0.25) is 0 Å². The maximum Gasteiger partial charge on any atom is 0.301 e. The first-order valence-corrected chi connectivity index (χ1v) is 10.2. The van der Waals surface area contributed by atoms with Crippen LogP contribution in [-0.4, -0.2) is 56.8 Å². The Morgan fingerprint density at radius 2 is 1.97 bits per heavy atom. The van der Waals surface area contributed by atoms with Crippen LogP contribution < -0.4 is 10.1 Å². The van der Waals surface area contributed by atoms with Crippen LogP contribution in [0.4, 0.5) is 5.82 Å². The van der Waals surface area contributed by atoms with Gasteiger partial charge in [-0.2, -0.15) is 4.98 Å². The zero-order valence-corrected chi connectivity index (χ0v) is 16.8. The summed E-state index contributed by atoms with van der Waals surface area (Å²) in [6.07, 6.45) is 1.39. The van der Waals surface area contributed by atoms with Crippen molar-refractivity contribution in [2.24, 2.45) is 0 Å². The Kier molecular flexibility index (Phi) is 3.99. The summed E-state index contributed by atoms with van der Waals surface area (Å²) < 4.78 is 26.3. The quantitative estimate of drug-likeness (QED) is 0.702. The fourth-order valence-corrected chi connectivity index (χ4v) is 4.48. The summed E-state index contributed by atoms with van der Waals surface area (Å²) in [7, 11) is 0. The molecule has 5 heterocycles. The van der Waals surface area contributed by atoms with Crippen molar-refractivity contribution in [2.75, 3.05) is 18.5 Å². The van der Waals surface area contributed by atoms with Crippen LogP contribution in [0.15, 0.2) is 36.7 Å². The van der Waals surface area contributed by atoms with E-state index in [2.05, 4.69) is 32.4 Å². The van der Waals surface area contributed by atoms with Crippen LogP contribution in [0, 0.1) is 0 Å². The lowest BCUT2D eigenvalue weighted by atomic mass is 10.1. The van der Waals surface area contributed by atoms with Gasteiger partial charge < -0.3 is 24.3 Å². The Hall–Kier alpha value is -2.75.